The van der Waals surface area contributed by atoms with E-state index >= 15 is 0 Å². The van der Waals surface area contributed by atoms with E-state index in [2.05, 4.69) is 20.6 Å². The first kappa shape index (κ1) is 22.5. The van der Waals surface area contributed by atoms with E-state index in [4.69, 9.17) is 9.97 Å². The second-order valence-electron chi connectivity index (χ2n) is 8.54. The Morgan fingerprint density at radius 3 is 2.71 bits per heavy atom. The van der Waals surface area contributed by atoms with E-state index in [0.717, 1.165) is 46.0 Å². The molecule has 4 heterocycles. The lowest BCUT2D eigenvalue weighted by Gasteiger charge is -2.30. The molecule has 1 aliphatic heterocycles. The van der Waals surface area contributed by atoms with Crippen molar-refractivity contribution >= 4 is 17.5 Å². The molecule has 0 atom stereocenters. The van der Waals surface area contributed by atoms with Crippen LogP contribution < -0.4 is 10.6 Å². The molecule has 0 saturated carbocycles. The van der Waals surface area contributed by atoms with Gasteiger partial charge < -0.3 is 15.5 Å². The van der Waals surface area contributed by atoms with Gasteiger partial charge in [-0.15, -0.1) is 0 Å². The van der Waals surface area contributed by atoms with Crippen LogP contribution in [0.15, 0.2) is 73.2 Å². The summed E-state index contributed by atoms with van der Waals surface area (Å²) in [5, 5.41) is 6.46. The Morgan fingerprint density at radius 2 is 1.91 bits per heavy atom. The molecule has 1 aromatic carbocycles. The van der Waals surface area contributed by atoms with Gasteiger partial charge >= 0.3 is 6.03 Å². The fourth-order valence-electron chi connectivity index (χ4n) is 4.12. The predicted molar refractivity (Wildman–Crippen MR) is 136 cm³/mol. The first-order valence-electron chi connectivity index (χ1n) is 11.7. The van der Waals surface area contributed by atoms with Gasteiger partial charge in [0, 0.05) is 67.0 Å². The number of rotatable bonds is 6. The number of hydrogen-bond donors (Lipinski definition) is 2. The van der Waals surface area contributed by atoms with Gasteiger partial charge in [-0.1, -0.05) is 24.3 Å². The molecule has 0 saturated heterocycles. The van der Waals surface area contributed by atoms with Crippen LogP contribution in [0.25, 0.3) is 11.4 Å². The van der Waals surface area contributed by atoms with Crippen LogP contribution in [0, 0.1) is 6.92 Å². The summed E-state index contributed by atoms with van der Waals surface area (Å²) in [6, 6.07) is 17.3. The van der Waals surface area contributed by atoms with Gasteiger partial charge in [0.1, 0.15) is 5.82 Å². The standard InChI is InChI=1S/C27H27N7O/c1-19-15-20(17-28-16-19)25-32-24-11-14-34(27(35)31-22-8-3-2-4-9-22)18-23(24)26(33-25)30-13-10-21-7-5-6-12-29-21/h2-9,12,15-17H,10-11,13-14,18H2,1H3,(H,31,35)(H,30,32,33). The van der Waals surface area contributed by atoms with Gasteiger partial charge in [-0.25, -0.2) is 14.8 Å². The third-order valence-electron chi connectivity index (χ3n) is 5.91. The molecule has 35 heavy (non-hydrogen) atoms. The van der Waals surface area contributed by atoms with Crippen molar-refractivity contribution in [1.29, 1.82) is 0 Å². The molecule has 5 rings (SSSR count). The summed E-state index contributed by atoms with van der Waals surface area (Å²) in [4.78, 5) is 33.2. The summed E-state index contributed by atoms with van der Waals surface area (Å²) in [6.07, 6.45) is 6.82. The number of pyridine rings is 2. The number of nitrogens with one attached hydrogen (secondary N) is 2. The van der Waals surface area contributed by atoms with Crippen LogP contribution in [-0.2, 0) is 19.4 Å². The highest BCUT2D eigenvalue weighted by atomic mass is 16.2. The normalized spacial score (nSPS) is 12.7. The highest BCUT2D eigenvalue weighted by molar-refractivity contribution is 5.89. The van der Waals surface area contributed by atoms with Crippen LogP contribution in [-0.4, -0.2) is 44.0 Å². The van der Waals surface area contributed by atoms with Gasteiger partial charge in [0.25, 0.3) is 0 Å². The number of carbonyl (C=O) groups is 1. The van der Waals surface area contributed by atoms with Gasteiger partial charge in [-0.3, -0.25) is 9.97 Å². The summed E-state index contributed by atoms with van der Waals surface area (Å²) >= 11 is 0. The molecule has 176 valence electrons. The molecule has 0 fully saturated rings. The highest BCUT2D eigenvalue weighted by Gasteiger charge is 2.26. The summed E-state index contributed by atoms with van der Waals surface area (Å²) in [7, 11) is 0. The predicted octanol–water partition coefficient (Wildman–Crippen LogP) is 4.49. The van der Waals surface area contributed by atoms with Crippen molar-refractivity contribution in [3.05, 3.63) is 95.7 Å². The minimum atomic E-state index is -0.131. The van der Waals surface area contributed by atoms with Crippen LogP contribution in [0.5, 0.6) is 0 Å². The number of urea groups is 1. The van der Waals surface area contributed by atoms with Gasteiger partial charge in [0.15, 0.2) is 5.82 Å². The average molecular weight is 466 g/mol. The third-order valence-corrected chi connectivity index (χ3v) is 5.91. The molecule has 0 aliphatic carbocycles. The second kappa shape index (κ2) is 10.3. The monoisotopic (exact) mass is 465 g/mol. The summed E-state index contributed by atoms with van der Waals surface area (Å²) in [5.41, 5.74) is 5.62. The quantitative estimate of drug-likeness (QED) is 0.436. The lowest BCUT2D eigenvalue weighted by atomic mass is 10.1. The molecule has 8 heteroatoms. The average Bonchev–Trinajstić information content (AvgIpc) is 2.89. The van der Waals surface area contributed by atoms with E-state index in [9.17, 15) is 4.79 Å². The molecule has 0 bridgehead atoms. The van der Waals surface area contributed by atoms with Crippen molar-refractivity contribution in [2.24, 2.45) is 0 Å². The van der Waals surface area contributed by atoms with Crippen molar-refractivity contribution in [3.8, 4) is 11.4 Å². The van der Waals surface area contributed by atoms with Crippen molar-refractivity contribution < 1.29 is 4.79 Å². The number of aryl methyl sites for hydroxylation is 1. The lowest BCUT2D eigenvalue weighted by molar-refractivity contribution is 0.206. The lowest BCUT2D eigenvalue weighted by Crippen LogP contribution is -2.39. The zero-order chi connectivity index (χ0) is 24.0. The molecule has 8 nitrogen and oxygen atoms in total. The van der Waals surface area contributed by atoms with E-state index < -0.39 is 0 Å². The Labute approximate surface area is 204 Å². The Balaban J connectivity index is 1.40. The maximum Gasteiger partial charge on any atom is 0.322 e. The Hall–Kier alpha value is -4.33. The van der Waals surface area contributed by atoms with Crippen LogP contribution in [0.1, 0.15) is 22.5 Å². The minimum Gasteiger partial charge on any atom is -0.369 e. The number of aromatic nitrogens is 4. The number of amides is 2. The molecule has 2 N–H and O–H groups in total. The van der Waals surface area contributed by atoms with Crippen molar-refractivity contribution in [1.82, 2.24) is 24.8 Å². The van der Waals surface area contributed by atoms with E-state index in [1.807, 2.05) is 67.7 Å². The highest BCUT2D eigenvalue weighted by Crippen LogP contribution is 2.28. The Bertz CT molecular complexity index is 1310. The van der Waals surface area contributed by atoms with Crippen LogP contribution in [0.4, 0.5) is 16.3 Å². The van der Waals surface area contributed by atoms with Crippen molar-refractivity contribution in [3.63, 3.8) is 0 Å². The molecule has 4 aromatic rings. The largest absolute Gasteiger partial charge is 0.369 e. The Kier molecular flexibility index (Phi) is 6.61. The fourth-order valence-corrected chi connectivity index (χ4v) is 4.12. The maximum absolute atomic E-state index is 13.0. The number of benzene rings is 1. The van der Waals surface area contributed by atoms with E-state index in [0.29, 0.717) is 31.9 Å². The number of carbonyl (C=O) groups excluding carboxylic acids is 1. The van der Waals surface area contributed by atoms with Crippen LogP contribution >= 0.6 is 0 Å². The minimum absolute atomic E-state index is 0.131. The molecule has 2 amide bonds. The van der Waals surface area contributed by atoms with Gasteiger partial charge in [0.05, 0.1) is 12.2 Å². The molecule has 0 radical (unpaired) electrons. The molecule has 0 spiro atoms. The van der Waals surface area contributed by atoms with Gasteiger partial charge in [0.2, 0.25) is 0 Å². The first-order valence-corrected chi connectivity index (χ1v) is 11.7. The maximum atomic E-state index is 13.0. The number of hydrogen-bond acceptors (Lipinski definition) is 6. The number of nitrogens with zero attached hydrogens (tertiary/aromatic N) is 5. The van der Waals surface area contributed by atoms with Gasteiger partial charge in [-0.2, -0.15) is 0 Å². The van der Waals surface area contributed by atoms with Crippen molar-refractivity contribution in [2.45, 2.75) is 26.3 Å². The summed E-state index contributed by atoms with van der Waals surface area (Å²) < 4.78 is 0. The van der Waals surface area contributed by atoms with E-state index in [-0.39, 0.29) is 6.03 Å². The van der Waals surface area contributed by atoms with Crippen LogP contribution in [0.2, 0.25) is 0 Å². The third kappa shape index (κ3) is 5.43. The smallest absolute Gasteiger partial charge is 0.322 e. The molecular weight excluding hydrogens is 438 g/mol. The molecule has 0 unspecified atom stereocenters. The Morgan fingerprint density at radius 1 is 1.06 bits per heavy atom. The van der Waals surface area contributed by atoms with E-state index in [1.54, 1.807) is 17.3 Å². The zero-order valence-electron chi connectivity index (χ0n) is 19.6. The topological polar surface area (TPSA) is 95.9 Å². The molecular formula is C27H27N7O. The molecule has 3 aromatic heterocycles. The van der Waals surface area contributed by atoms with Crippen molar-refractivity contribution in [2.75, 3.05) is 23.7 Å². The summed E-state index contributed by atoms with van der Waals surface area (Å²) in [5.74, 6) is 1.39. The fraction of sp³-hybridized carbons (Fsp3) is 0.222. The molecule has 1 aliphatic rings. The van der Waals surface area contributed by atoms with Crippen LogP contribution in [0.3, 0.4) is 0 Å². The SMILES string of the molecule is Cc1cncc(-c2nc3c(c(NCCc4ccccn4)n2)CN(C(=O)Nc2ccccc2)CC3)c1. The number of para-hydroxylation sites is 1. The second-order valence-corrected chi connectivity index (χ2v) is 8.54. The van der Waals surface area contributed by atoms with E-state index in [1.165, 1.54) is 0 Å². The summed E-state index contributed by atoms with van der Waals surface area (Å²) in [6.45, 7) is 3.69. The number of fused-ring (bicyclic) bond motifs is 1. The number of anilines is 2. The van der Waals surface area contributed by atoms with Gasteiger partial charge in [-0.05, 0) is 42.8 Å². The zero-order valence-corrected chi connectivity index (χ0v) is 19.6. The first-order chi connectivity index (χ1) is 17.2.